The lowest BCUT2D eigenvalue weighted by atomic mass is 9.93. The maximum atomic E-state index is 12.8. The average molecular weight is 355 g/mol. The molecule has 3 rings (SSSR count). The van der Waals surface area contributed by atoms with Crippen molar-refractivity contribution in [1.82, 2.24) is 14.7 Å². The molecule has 26 heavy (non-hydrogen) atoms. The maximum Gasteiger partial charge on any atom is 0.303 e. The molecule has 0 spiro atoms. The number of aryl methyl sites for hydroxylation is 1. The molecule has 0 aliphatic carbocycles. The van der Waals surface area contributed by atoms with Crippen LogP contribution in [0.25, 0.3) is 5.69 Å². The highest BCUT2D eigenvalue weighted by Crippen LogP contribution is 2.21. The van der Waals surface area contributed by atoms with Gasteiger partial charge in [-0.15, -0.1) is 0 Å². The summed E-state index contributed by atoms with van der Waals surface area (Å²) in [5, 5.41) is 13.2. The van der Waals surface area contributed by atoms with Gasteiger partial charge in [0.2, 0.25) is 5.43 Å². The molecule has 136 valence electrons. The Kier molecular flexibility index (Phi) is 5.16. The van der Waals surface area contributed by atoms with Gasteiger partial charge in [0.1, 0.15) is 0 Å². The number of aliphatic carboxylic acids is 1. The van der Waals surface area contributed by atoms with E-state index in [9.17, 15) is 14.4 Å². The van der Waals surface area contributed by atoms with Crippen molar-refractivity contribution in [2.75, 3.05) is 13.1 Å². The topological polar surface area (TPSA) is 92.5 Å². The number of aromatic nitrogens is 2. The maximum absolute atomic E-state index is 12.8. The van der Waals surface area contributed by atoms with Gasteiger partial charge in [-0.3, -0.25) is 14.4 Å². The van der Waals surface area contributed by atoms with Crippen molar-refractivity contribution < 1.29 is 14.7 Å². The summed E-state index contributed by atoms with van der Waals surface area (Å²) in [6.45, 7) is 2.65. The van der Waals surface area contributed by atoms with Gasteiger partial charge in [-0.25, -0.2) is 4.68 Å². The fourth-order valence-electron chi connectivity index (χ4n) is 3.26. The molecule has 0 radical (unpaired) electrons. The van der Waals surface area contributed by atoms with Crippen LogP contribution in [0.15, 0.2) is 41.2 Å². The average Bonchev–Trinajstić information content (AvgIpc) is 2.62. The number of carboxylic acid groups (broad SMARTS) is 1. The third-order valence-electron chi connectivity index (χ3n) is 4.68. The number of piperidine rings is 1. The Labute approximate surface area is 150 Å². The molecule has 2 aromatic rings. The number of likely N-dealkylation sites (tertiary alicyclic amines) is 1. The van der Waals surface area contributed by atoms with Gasteiger partial charge in [0.25, 0.3) is 5.91 Å². The molecule has 1 amide bonds. The number of para-hydroxylation sites is 1. The number of carboxylic acids is 1. The number of hydrogen-bond donors (Lipinski definition) is 1. The Morgan fingerprint density at radius 2 is 1.85 bits per heavy atom. The zero-order chi connectivity index (χ0) is 18.7. The summed E-state index contributed by atoms with van der Waals surface area (Å²) in [6.07, 6.45) is 1.36. The quantitative estimate of drug-likeness (QED) is 0.904. The second-order valence-electron chi connectivity index (χ2n) is 6.58. The van der Waals surface area contributed by atoms with Crippen molar-refractivity contribution in [1.29, 1.82) is 0 Å². The SMILES string of the molecule is Cc1cc(=O)c(C(=O)N2CCC(CC(=O)O)CC2)nn1-c1ccccc1. The number of nitrogens with zero attached hydrogens (tertiary/aromatic N) is 3. The van der Waals surface area contributed by atoms with Crippen LogP contribution in [0, 0.1) is 12.8 Å². The first kappa shape index (κ1) is 17.8. The molecule has 7 heteroatoms. The molecule has 7 nitrogen and oxygen atoms in total. The molecule has 1 aromatic carbocycles. The number of carbonyl (C=O) groups excluding carboxylic acids is 1. The molecule has 1 aromatic heterocycles. The second kappa shape index (κ2) is 7.51. The van der Waals surface area contributed by atoms with E-state index in [1.54, 1.807) is 16.5 Å². The van der Waals surface area contributed by atoms with Crippen LogP contribution in [0.4, 0.5) is 0 Å². The van der Waals surface area contributed by atoms with E-state index in [2.05, 4.69) is 5.10 Å². The van der Waals surface area contributed by atoms with Gasteiger partial charge in [0, 0.05) is 31.3 Å². The van der Waals surface area contributed by atoms with Crippen LogP contribution < -0.4 is 5.43 Å². The number of rotatable bonds is 4. The van der Waals surface area contributed by atoms with Crippen molar-refractivity contribution in [3.05, 3.63) is 58.0 Å². The summed E-state index contributed by atoms with van der Waals surface area (Å²) >= 11 is 0. The number of carbonyl (C=O) groups is 2. The standard InChI is InChI=1S/C19H21N3O4/c1-13-11-16(23)18(20-22(13)15-5-3-2-4-6-15)19(26)21-9-7-14(8-10-21)12-17(24)25/h2-6,11,14H,7-10,12H2,1H3,(H,24,25). The summed E-state index contributed by atoms with van der Waals surface area (Å²) in [6, 6.07) is 10.7. The van der Waals surface area contributed by atoms with E-state index in [1.807, 2.05) is 30.3 Å². The van der Waals surface area contributed by atoms with Gasteiger partial charge in [-0.1, -0.05) is 18.2 Å². The Morgan fingerprint density at radius 3 is 2.46 bits per heavy atom. The molecule has 1 fully saturated rings. The zero-order valence-corrected chi connectivity index (χ0v) is 14.6. The molecule has 0 atom stereocenters. The normalized spacial score (nSPS) is 15.0. The van der Waals surface area contributed by atoms with Gasteiger partial charge in [0.05, 0.1) is 5.69 Å². The monoisotopic (exact) mass is 355 g/mol. The molecule has 0 unspecified atom stereocenters. The van der Waals surface area contributed by atoms with Crippen molar-refractivity contribution in [3.63, 3.8) is 0 Å². The predicted octanol–water partition coefficient (Wildman–Crippen LogP) is 1.87. The van der Waals surface area contributed by atoms with E-state index in [-0.39, 0.29) is 18.0 Å². The van der Waals surface area contributed by atoms with Crippen LogP contribution in [0.5, 0.6) is 0 Å². The Morgan fingerprint density at radius 1 is 1.19 bits per heavy atom. The lowest BCUT2D eigenvalue weighted by Gasteiger charge is -2.31. The van der Waals surface area contributed by atoms with Crippen molar-refractivity contribution >= 4 is 11.9 Å². The van der Waals surface area contributed by atoms with E-state index >= 15 is 0 Å². The summed E-state index contributed by atoms with van der Waals surface area (Å²) in [5.74, 6) is -1.14. The summed E-state index contributed by atoms with van der Waals surface area (Å²) in [5.41, 5.74) is 0.931. The highest BCUT2D eigenvalue weighted by molar-refractivity contribution is 5.92. The molecule has 1 saturated heterocycles. The molecule has 0 saturated carbocycles. The van der Waals surface area contributed by atoms with Gasteiger partial charge in [0.15, 0.2) is 5.69 Å². The minimum Gasteiger partial charge on any atom is -0.481 e. The third kappa shape index (κ3) is 3.82. The predicted molar refractivity (Wildman–Crippen MR) is 95.5 cm³/mol. The number of amides is 1. The van der Waals surface area contributed by atoms with Gasteiger partial charge < -0.3 is 10.0 Å². The van der Waals surface area contributed by atoms with Crippen LogP contribution >= 0.6 is 0 Å². The first-order valence-electron chi connectivity index (χ1n) is 8.63. The number of hydrogen-bond acceptors (Lipinski definition) is 4. The van der Waals surface area contributed by atoms with Crippen molar-refractivity contribution in [2.24, 2.45) is 5.92 Å². The minimum atomic E-state index is -0.819. The molecule has 1 aliphatic heterocycles. The molecule has 1 N–H and O–H groups in total. The highest BCUT2D eigenvalue weighted by Gasteiger charge is 2.27. The first-order valence-corrected chi connectivity index (χ1v) is 8.63. The van der Waals surface area contributed by atoms with Gasteiger partial charge in [-0.05, 0) is 37.8 Å². The van der Waals surface area contributed by atoms with Crippen LogP contribution in [0.1, 0.15) is 35.4 Å². The van der Waals surface area contributed by atoms with Gasteiger partial charge in [-0.2, -0.15) is 5.10 Å². The smallest absolute Gasteiger partial charge is 0.303 e. The van der Waals surface area contributed by atoms with E-state index in [0.717, 1.165) is 5.69 Å². The molecule has 1 aliphatic rings. The van der Waals surface area contributed by atoms with Crippen LogP contribution in [-0.4, -0.2) is 44.8 Å². The van der Waals surface area contributed by atoms with E-state index < -0.39 is 17.3 Å². The highest BCUT2D eigenvalue weighted by atomic mass is 16.4. The fourth-order valence-corrected chi connectivity index (χ4v) is 3.26. The lowest BCUT2D eigenvalue weighted by molar-refractivity contribution is -0.138. The third-order valence-corrected chi connectivity index (χ3v) is 4.68. The first-order chi connectivity index (χ1) is 12.5. The zero-order valence-electron chi connectivity index (χ0n) is 14.6. The van der Waals surface area contributed by atoms with Gasteiger partial charge >= 0.3 is 5.97 Å². The minimum absolute atomic E-state index is 0.0727. The van der Waals surface area contributed by atoms with E-state index in [1.165, 1.54) is 6.07 Å². The van der Waals surface area contributed by atoms with Crippen molar-refractivity contribution in [2.45, 2.75) is 26.2 Å². The van der Waals surface area contributed by atoms with Crippen LogP contribution in [0.3, 0.4) is 0 Å². The van der Waals surface area contributed by atoms with Crippen LogP contribution in [-0.2, 0) is 4.79 Å². The number of benzene rings is 1. The lowest BCUT2D eigenvalue weighted by Crippen LogP contribution is -2.41. The summed E-state index contributed by atoms with van der Waals surface area (Å²) < 4.78 is 1.59. The summed E-state index contributed by atoms with van der Waals surface area (Å²) in [7, 11) is 0. The Hall–Kier alpha value is -2.96. The molecular formula is C19H21N3O4. The Bertz CT molecular complexity index is 868. The molecular weight excluding hydrogens is 334 g/mol. The Balaban J connectivity index is 1.82. The van der Waals surface area contributed by atoms with Crippen molar-refractivity contribution in [3.8, 4) is 5.69 Å². The molecule has 0 bridgehead atoms. The van der Waals surface area contributed by atoms with E-state index in [0.29, 0.717) is 31.6 Å². The van der Waals surface area contributed by atoms with E-state index in [4.69, 9.17) is 5.11 Å². The molecule has 2 heterocycles. The fraction of sp³-hybridized carbons (Fsp3) is 0.368. The largest absolute Gasteiger partial charge is 0.481 e. The summed E-state index contributed by atoms with van der Waals surface area (Å²) in [4.78, 5) is 37.5. The van der Waals surface area contributed by atoms with Crippen LogP contribution in [0.2, 0.25) is 0 Å². The second-order valence-corrected chi connectivity index (χ2v) is 6.58.